The molecule has 0 radical (unpaired) electrons. The van der Waals surface area contributed by atoms with E-state index in [4.69, 9.17) is 9.98 Å². The number of fused-ring (bicyclic) bond motifs is 1. The predicted octanol–water partition coefficient (Wildman–Crippen LogP) is 8.09. The maximum Gasteiger partial charge on any atom is 0.0974 e. The second kappa shape index (κ2) is 7.24. The summed E-state index contributed by atoms with van der Waals surface area (Å²) in [4.78, 5) is 10.8. The van der Waals surface area contributed by atoms with Gasteiger partial charge < -0.3 is 0 Å². The van der Waals surface area contributed by atoms with Crippen LogP contribution < -0.4 is 0 Å². The fourth-order valence-corrected chi connectivity index (χ4v) is 5.70. The number of para-hydroxylation sites is 1. The van der Waals surface area contributed by atoms with Crippen LogP contribution in [-0.2, 0) is 10.8 Å². The van der Waals surface area contributed by atoms with Crippen LogP contribution >= 0.6 is 0 Å². The lowest BCUT2D eigenvalue weighted by atomic mass is 9.62. The number of hydrogen-bond acceptors (Lipinski definition) is 2. The second-order valence-electron chi connectivity index (χ2n) is 11.1. The van der Waals surface area contributed by atoms with Crippen LogP contribution in [0, 0.1) is 0 Å². The smallest absolute Gasteiger partial charge is 0.0974 e. The lowest BCUT2D eigenvalue weighted by Gasteiger charge is -2.44. The fraction of sp³-hybridized carbons (Fsp3) is 0.250. The summed E-state index contributed by atoms with van der Waals surface area (Å²) in [6.45, 7) is 11.4. The van der Waals surface area contributed by atoms with Gasteiger partial charge in [0.1, 0.15) is 0 Å². The van der Waals surface area contributed by atoms with Gasteiger partial charge in [-0.3, -0.25) is 4.99 Å². The Morgan fingerprint density at radius 2 is 1.35 bits per heavy atom. The highest BCUT2D eigenvalue weighted by molar-refractivity contribution is 6.61. The molecule has 2 nitrogen and oxygen atoms in total. The quantitative estimate of drug-likeness (QED) is 0.300. The minimum Gasteiger partial charge on any atom is -0.273 e. The zero-order valence-corrected chi connectivity index (χ0v) is 20.6. The SMILES string of the molecule is CC(C)(C)c1ccccc1/N=C1/C(=N/C2c3ccccc3C2(C)C)c2cccc3cccc1c23. The minimum atomic E-state index is 0.000685. The number of nitrogens with zero attached hydrogens (tertiary/aromatic N) is 2. The molecule has 0 bridgehead atoms. The van der Waals surface area contributed by atoms with Crippen LogP contribution in [0.25, 0.3) is 10.8 Å². The molecule has 0 saturated carbocycles. The highest BCUT2D eigenvalue weighted by Crippen LogP contribution is 2.52. The van der Waals surface area contributed by atoms with Crippen LogP contribution in [0.5, 0.6) is 0 Å². The van der Waals surface area contributed by atoms with Gasteiger partial charge in [0.25, 0.3) is 0 Å². The van der Waals surface area contributed by atoms with Crippen molar-refractivity contribution >= 4 is 27.9 Å². The van der Waals surface area contributed by atoms with Gasteiger partial charge in [-0.15, -0.1) is 0 Å². The van der Waals surface area contributed by atoms with Gasteiger partial charge in [-0.1, -0.05) is 113 Å². The van der Waals surface area contributed by atoms with E-state index in [9.17, 15) is 0 Å². The standard InChI is InChI=1S/C32H30N2/c1-31(2,3)25-18-8-9-19-26(25)33-28-22-15-10-12-20-13-11-16-23(27(20)22)29(28)34-30-21-14-6-7-17-24(21)32(30,4)5/h6-19,30H,1-5H3/b33-28+,34-29+. The van der Waals surface area contributed by atoms with E-state index in [1.54, 1.807) is 0 Å². The molecule has 2 heteroatoms. The molecular weight excluding hydrogens is 412 g/mol. The molecule has 0 saturated heterocycles. The summed E-state index contributed by atoms with van der Waals surface area (Å²) in [5.41, 5.74) is 9.39. The molecule has 2 aliphatic carbocycles. The van der Waals surface area contributed by atoms with E-state index in [0.717, 1.165) is 17.1 Å². The Labute approximate surface area is 202 Å². The molecule has 0 N–H and O–H groups in total. The van der Waals surface area contributed by atoms with Crippen molar-refractivity contribution in [2.45, 2.75) is 51.5 Å². The third-order valence-corrected chi connectivity index (χ3v) is 7.47. The fourth-order valence-electron chi connectivity index (χ4n) is 5.70. The van der Waals surface area contributed by atoms with Crippen molar-refractivity contribution in [2.75, 3.05) is 0 Å². The molecule has 0 spiro atoms. The summed E-state index contributed by atoms with van der Waals surface area (Å²) in [5.74, 6) is 0. The van der Waals surface area contributed by atoms with Crippen molar-refractivity contribution in [2.24, 2.45) is 9.98 Å². The zero-order chi connectivity index (χ0) is 23.7. The Kier molecular flexibility index (Phi) is 4.48. The molecule has 0 amide bonds. The van der Waals surface area contributed by atoms with Gasteiger partial charge in [-0.25, -0.2) is 4.99 Å². The third-order valence-electron chi connectivity index (χ3n) is 7.47. The molecule has 34 heavy (non-hydrogen) atoms. The average Bonchev–Trinajstić information content (AvgIpc) is 3.11. The van der Waals surface area contributed by atoms with Gasteiger partial charge in [-0.05, 0) is 33.6 Å². The summed E-state index contributed by atoms with van der Waals surface area (Å²) in [6.07, 6.45) is 0. The van der Waals surface area contributed by atoms with E-state index in [0.29, 0.717) is 0 Å². The monoisotopic (exact) mass is 442 g/mol. The number of hydrogen-bond donors (Lipinski definition) is 0. The summed E-state index contributed by atoms with van der Waals surface area (Å²) in [7, 11) is 0. The molecular formula is C32H30N2. The van der Waals surface area contributed by atoms with Gasteiger partial charge in [0.05, 0.1) is 23.2 Å². The Morgan fingerprint density at radius 1 is 0.706 bits per heavy atom. The van der Waals surface area contributed by atoms with Crippen molar-refractivity contribution in [1.82, 2.24) is 0 Å². The van der Waals surface area contributed by atoms with E-state index in [-0.39, 0.29) is 16.9 Å². The first-order valence-electron chi connectivity index (χ1n) is 12.1. The molecule has 0 aliphatic heterocycles. The van der Waals surface area contributed by atoms with Crippen molar-refractivity contribution < 1.29 is 0 Å². The summed E-state index contributed by atoms with van der Waals surface area (Å²) in [6, 6.07) is 30.4. The number of benzene rings is 4. The molecule has 0 aromatic heterocycles. The van der Waals surface area contributed by atoms with Crippen LogP contribution in [0.2, 0.25) is 0 Å². The maximum absolute atomic E-state index is 5.47. The summed E-state index contributed by atoms with van der Waals surface area (Å²) < 4.78 is 0. The zero-order valence-electron chi connectivity index (χ0n) is 20.6. The Morgan fingerprint density at radius 3 is 2.09 bits per heavy atom. The average molecular weight is 443 g/mol. The second-order valence-corrected chi connectivity index (χ2v) is 11.1. The van der Waals surface area contributed by atoms with E-state index >= 15 is 0 Å². The molecule has 2 aliphatic rings. The van der Waals surface area contributed by atoms with Crippen LogP contribution in [0.1, 0.15) is 68.5 Å². The number of aliphatic imine (C=N–C) groups is 2. The highest BCUT2D eigenvalue weighted by atomic mass is 14.9. The van der Waals surface area contributed by atoms with Crippen molar-refractivity contribution in [1.29, 1.82) is 0 Å². The predicted molar refractivity (Wildman–Crippen MR) is 144 cm³/mol. The molecule has 1 unspecified atom stereocenters. The van der Waals surface area contributed by atoms with Crippen molar-refractivity contribution in [3.8, 4) is 0 Å². The van der Waals surface area contributed by atoms with Crippen LogP contribution in [-0.4, -0.2) is 11.4 Å². The van der Waals surface area contributed by atoms with E-state index in [1.165, 1.54) is 38.6 Å². The van der Waals surface area contributed by atoms with Crippen molar-refractivity contribution in [3.05, 3.63) is 113 Å². The van der Waals surface area contributed by atoms with Gasteiger partial charge in [-0.2, -0.15) is 0 Å². The topological polar surface area (TPSA) is 24.7 Å². The van der Waals surface area contributed by atoms with Gasteiger partial charge in [0.2, 0.25) is 0 Å². The lowest BCUT2D eigenvalue weighted by Crippen LogP contribution is -2.38. The minimum absolute atomic E-state index is 0.000685. The van der Waals surface area contributed by atoms with Gasteiger partial charge in [0.15, 0.2) is 0 Å². The van der Waals surface area contributed by atoms with Crippen LogP contribution in [0.3, 0.4) is 0 Å². The Bertz CT molecular complexity index is 1510. The first-order chi connectivity index (χ1) is 16.3. The molecule has 0 fully saturated rings. The van der Waals surface area contributed by atoms with Crippen molar-refractivity contribution in [3.63, 3.8) is 0 Å². The largest absolute Gasteiger partial charge is 0.273 e. The molecule has 0 heterocycles. The van der Waals surface area contributed by atoms with Gasteiger partial charge in [0, 0.05) is 21.9 Å². The highest BCUT2D eigenvalue weighted by Gasteiger charge is 2.45. The first-order valence-corrected chi connectivity index (χ1v) is 12.1. The molecule has 6 rings (SSSR count). The first kappa shape index (κ1) is 21.0. The molecule has 4 aromatic carbocycles. The van der Waals surface area contributed by atoms with Gasteiger partial charge >= 0.3 is 0 Å². The number of rotatable bonds is 2. The summed E-state index contributed by atoms with van der Waals surface area (Å²) >= 11 is 0. The third kappa shape index (κ3) is 3.01. The molecule has 168 valence electrons. The van der Waals surface area contributed by atoms with Crippen LogP contribution in [0.4, 0.5) is 5.69 Å². The van der Waals surface area contributed by atoms with Crippen LogP contribution in [0.15, 0.2) is 94.9 Å². The lowest BCUT2D eigenvalue weighted by molar-refractivity contribution is 0.358. The molecule has 4 aromatic rings. The Balaban J connectivity index is 1.61. The maximum atomic E-state index is 5.47. The summed E-state index contributed by atoms with van der Waals surface area (Å²) in [5, 5.41) is 2.51. The normalized spacial score (nSPS) is 20.6. The Hall–Kier alpha value is -3.52. The van der Waals surface area contributed by atoms with E-state index in [1.807, 2.05) is 0 Å². The molecule has 1 atom stereocenters. The van der Waals surface area contributed by atoms with E-state index in [2.05, 4.69) is 120 Å². The van der Waals surface area contributed by atoms with E-state index < -0.39 is 0 Å².